The van der Waals surface area contributed by atoms with Crippen molar-refractivity contribution in [2.75, 3.05) is 11.5 Å². The number of hydrogen-bond donors (Lipinski definition) is 4. The molecule has 10 heavy (non-hydrogen) atoms. The van der Waals surface area contributed by atoms with Crippen LogP contribution in [0.15, 0.2) is 4.79 Å². The van der Waals surface area contributed by atoms with Crippen LogP contribution in [-0.4, -0.2) is 19.9 Å². The Hall–Kier alpha value is -1.79. The van der Waals surface area contributed by atoms with E-state index in [1.165, 1.54) is 0 Å². The van der Waals surface area contributed by atoms with E-state index in [1.807, 2.05) is 0 Å². The van der Waals surface area contributed by atoms with E-state index in [0.717, 1.165) is 0 Å². The maximum Gasteiger partial charge on any atom is 0.397 e. The molecular weight excluding hydrogens is 140 g/mol. The zero-order valence-corrected chi connectivity index (χ0v) is 4.85. The Labute approximate surface area is 54.6 Å². The first-order valence-electron chi connectivity index (χ1n) is 2.33. The summed E-state index contributed by atoms with van der Waals surface area (Å²) in [7, 11) is 0. The summed E-state index contributed by atoms with van der Waals surface area (Å²) in [5.74, 6) is -0.764. The topological polar surface area (TPSA) is 119 Å². The van der Waals surface area contributed by atoms with Crippen LogP contribution in [0, 0.1) is 0 Å². The van der Waals surface area contributed by atoms with E-state index in [9.17, 15) is 4.79 Å². The fraction of sp³-hybridized carbons (Fsp3) is 0. The zero-order valence-electron chi connectivity index (χ0n) is 4.85. The molecule has 0 spiro atoms. The summed E-state index contributed by atoms with van der Waals surface area (Å²) in [4.78, 5) is 10.5. The van der Waals surface area contributed by atoms with Crippen LogP contribution in [0.2, 0.25) is 0 Å². The van der Waals surface area contributed by atoms with Crippen LogP contribution in [0.1, 0.15) is 0 Å². The van der Waals surface area contributed by atoms with E-state index in [1.54, 1.807) is 0 Å². The molecule has 1 heterocycles. The van der Waals surface area contributed by atoms with Gasteiger partial charge in [-0.15, -0.1) is 9.46 Å². The molecule has 7 heteroatoms. The molecule has 0 atom stereocenters. The zero-order chi connectivity index (χ0) is 7.89. The van der Waals surface area contributed by atoms with Gasteiger partial charge in [0.2, 0.25) is 0 Å². The molecule has 56 valence electrons. The van der Waals surface area contributed by atoms with Crippen molar-refractivity contribution in [2.45, 2.75) is 0 Å². The highest BCUT2D eigenvalue weighted by Gasteiger charge is 2.12. The van der Waals surface area contributed by atoms with Crippen molar-refractivity contribution in [3.8, 4) is 0 Å². The molecule has 0 bridgehead atoms. The highest BCUT2D eigenvalue weighted by atomic mass is 16.5. The van der Waals surface area contributed by atoms with E-state index in [0.29, 0.717) is 0 Å². The van der Waals surface area contributed by atoms with Crippen molar-refractivity contribution in [2.24, 2.45) is 0 Å². The summed E-state index contributed by atoms with van der Waals surface area (Å²) in [5.41, 5.74) is 8.93. The molecule has 0 aromatic carbocycles. The molecule has 1 rings (SSSR count). The van der Waals surface area contributed by atoms with Crippen molar-refractivity contribution in [1.82, 2.24) is 9.46 Å². The van der Waals surface area contributed by atoms with Crippen molar-refractivity contribution >= 4 is 11.6 Å². The molecule has 0 amide bonds. The Kier molecular flexibility index (Phi) is 1.01. The molecule has 0 saturated heterocycles. The lowest BCUT2D eigenvalue weighted by Gasteiger charge is -1.89. The lowest BCUT2D eigenvalue weighted by Crippen LogP contribution is -2.21. The van der Waals surface area contributed by atoms with Crippen LogP contribution in [0.4, 0.5) is 11.6 Å². The molecule has 0 radical (unpaired) electrons. The Bertz CT molecular complexity index is 282. The monoisotopic (exact) mass is 146 g/mol. The predicted octanol–water partition coefficient (Wildman–Crippen LogP) is -1.71. The molecule has 0 unspecified atom stereocenters. The van der Waals surface area contributed by atoms with Gasteiger partial charge in [0.25, 0.3) is 0 Å². The van der Waals surface area contributed by atoms with Gasteiger partial charge in [0.05, 0.1) is 0 Å². The fourth-order valence-corrected chi connectivity index (χ4v) is 0.513. The number of nitrogens with two attached hydrogens (primary N) is 2. The van der Waals surface area contributed by atoms with Gasteiger partial charge in [0.15, 0.2) is 11.6 Å². The Morgan fingerprint density at radius 2 is 1.40 bits per heavy atom. The molecule has 0 aliphatic carbocycles. The lowest BCUT2D eigenvalue weighted by molar-refractivity contribution is 0.133. The van der Waals surface area contributed by atoms with E-state index in [-0.39, 0.29) is 21.1 Å². The maximum absolute atomic E-state index is 10.5. The van der Waals surface area contributed by atoms with Crippen LogP contribution in [0.25, 0.3) is 0 Å². The number of aromatic nitrogens is 2. The number of hydrogen-bond acceptors (Lipinski definition) is 5. The first-order valence-corrected chi connectivity index (χ1v) is 2.33. The van der Waals surface area contributed by atoms with Gasteiger partial charge in [-0.05, 0) is 0 Å². The minimum atomic E-state index is -1.09. The first-order chi connectivity index (χ1) is 4.55. The number of nitrogens with zero attached hydrogens (tertiary/aromatic N) is 2. The van der Waals surface area contributed by atoms with Gasteiger partial charge in [-0.25, -0.2) is 4.79 Å². The van der Waals surface area contributed by atoms with Crippen molar-refractivity contribution in [1.29, 1.82) is 0 Å². The summed E-state index contributed by atoms with van der Waals surface area (Å²) in [6.45, 7) is 0. The van der Waals surface area contributed by atoms with Gasteiger partial charge in [-0.2, -0.15) is 0 Å². The lowest BCUT2D eigenvalue weighted by atomic mass is 10.7. The van der Waals surface area contributed by atoms with Gasteiger partial charge in [-0.1, -0.05) is 0 Å². The van der Waals surface area contributed by atoms with Gasteiger partial charge in [0, 0.05) is 0 Å². The SMILES string of the molecule is Nc1c(N)n(O)c(=O)n1O. The second-order valence-electron chi connectivity index (χ2n) is 1.68. The highest BCUT2D eigenvalue weighted by Crippen LogP contribution is 2.07. The standard InChI is InChI=1S/C3H6N4O3/c4-1-2(5)7(10)3(8)6(1)9/h9-10H,4-5H2. The molecule has 7 nitrogen and oxygen atoms in total. The Balaban J connectivity index is 3.60. The van der Waals surface area contributed by atoms with E-state index >= 15 is 0 Å². The predicted molar refractivity (Wildman–Crippen MR) is 31.9 cm³/mol. The van der Waals surface area contributed by atoms with Crippen LogP contribution < -0.4 is 17.2 Å². The van der Waals surface area contributed by atoms with Gasteiger partial charge < -0.3 is 21.9 Å². The molecule has 1 aromatic heterocycles. The molecule has 0 saturated carbocycles. The van der Waals surface area contributed by atoms with Gasteiger partial charge in [-0.3, -0.25) is 0 Å². The Morgan fingerprint density at radius 1 is 1.10 bits per heavy atom. The summed E-state index contributed by atoms with van der Waals surface area (Å²) in [5, 5.41) is 17.3. The third-order valence-electron chi connectivity index (χ3n) is 1.08. The average Bonchev–Trinajstić information content (AvgIpc) is 2.07. The fourth-order valence-electron chi connectivity index (χ4n) is 0.513. The largest absolute Gasteiger partial charge is 0.422 e. The van der Waals surface area contributed by atoms with E-state index < -0.39 is 5.69 Å². The molecule has 0 aliphatic rings. The summed E-state index contributed by atoms with van der Waals surface area (Å²) < 4.78 is 0.102. The average molecular weight is 146 g/mol. The minimum absolute atomic E-state index is 0.0509. The Morgan fingerprint density at radius 3 is 1.50 bits per heavy atom. The van der Waals surface area contributed by atoms with Crippen molar-refractivity contribution in [3.63, 3.8) is 0 Å². The second-order valence-corrected chi connectivity index (χ2v) is 1.68. The minimum Gasteiger partial charge on any atom is -0.422 e. The number of anilines is 2. The number of imidazole rings is 1. The van der Waals surface area contributed by atoms with Crippen LogP contribution in [-0.2, 0) is 0 Å². The molecule has 0 aliphatic heterocycles. The summed E-state index contributed by atoms with van der Waals surface area (Å²) in [6, 6.07) is 0. The third-order valence-corrected chi connectivity index (χ3v) is 1.08. The molecule has 0 fully saturated rings. The third kappa shape index (κ3) is 0.508. The molecule has 6 N–H and O–H groups in total. The summed E-state index contributed by atoms with van der Waals surface area (Å²) >= 11 is 0. The quantitative estimate of drug-likeness (QED) is 0.325. The first kappa shape index (κ1) is 6.33. The number of nitrogen functional groups attached to an aromatic ring is 2. The van der Waals surface area contributed by atoms with Gasteiger partial charge >= 0.3 is 5.69 Å². The van der Waals surface area contributed by atoms with Crippen LogP contribution in [0.5, 0.6) is 0 Å². The van der Waals surface area contributed by atoms with E-state index in [4.69, 9.17) is 21.9 Å². The smallest absolute Gasteiger partial charge is 0.397 e. The summed E-state index contributed by atoms with van der Waals surface area (Å²) in [6.07, 6.45) is 0. The maximum atomic E-state index is 10.5. The second kappa shape index (κ2) is 1.59. The van der Waals surface area contributed by atoms with Crippen molar-refractivity contribution in [3.05, 3.63) is 10.5 Å². The molecule has 1 aromatic rings. The molecular formula is C3H6N4O3. The number of rotatable bonds is 0. The normalized spacial score (nSPS) is 10.0. The van der Waals surface area contributed by atoms with Crippen LogP contribution >= 0.6 is 0 Å². The van der Waals surface area contributed by atoms with Gasteiger partial charge in [0.1, 0.15) is 0 Å². The van der Waals surface area contributed by atoms with Crippen LogP contribution in [0.3, 0.4) is 0 Å². The van der Waals surface area contributed by atoms with E-state index in [2.05, 4.69) is 0 Å². The highest BCUT2D eigenvalue weighted by molar-refractivity contribution is 5.52. The van der Waals surface area contributed by atoms with Crippen molar-refractivity contribution < 1.29 is 10.4 Å².